The molecule has 1 saturated heterocycles. The molecule has 1 atom stereocenters. The van der Waals surface area contributed by atoms with E-state index < -0.39 is 6.04 Å². The molecule has 1 aliphatic rings. The summed E-state index contributed by atoms with van der Waals surface area (Å²) in [5.41, 5.74) is 0. The van der Waals surface area contributed by atoms with Crippen LogP contribution in [0.5, 0.6) is 0 Å². The van der Waals surface area contributed by atoms with Gasteiger partial charge in [-0.15, -0.1) is 0 Å². The van der Waals surface area contributed by atoms with Crippen molar-refractivity contribution >= 4 is 23.5 Å². The maximum atomic E-state index is 11.7. The molecule has 0 radical (unpaired) electrons. The van der Waals surface area contributed by atoms with Crippen molar-refractivity contribution in [3.05, 3.63) is 11.9 Å². The van der Waals surface area contributed by atoms with Crippen molar-refractivity contribution in [2.75, 3.05) is 23.3 Å². The first-order chi connectivity index (χ1) is 9.01. The van der Waals surface area contributed by atoms with Gasteiger partial charge < -0.3 is 10.2 Å². The van der Waals surface area contributed by atoms with Crippen LogP contribution in [-0.2, 0) is 9.59 Å². The highest BCUT2D eigenvalue weighted by Gasteiger charge is 2.31. The molecule has 0 spiro atoms. The zero-order valence-corrected chi connectivity index (χ0v) is 11.2. The first-order valence-electron chi connectivity index (χ1n) is 6.21. The third-order valence-corrected chi connectivity index (χ3v) is 2.90. The third-order valence-electron chi connectivity index (χ3n) is 2.90. The molecule has 2 heterocycles. The molecule has 1 aromatic rings. The number of aryl methyl sites for hydroxylation is 1. The molecule has 1 aliphatic heterocycles. The predicted octanol–water partition coefficient (Wildman–Crippen LogP) is 0.0681. The van der Waals surface area contributed by atoms with E-state index in [-0.39, 0.29) is 18.4 Å². The van der Waals surface area contributed by atoms with Crippen LogP contribution in [0, 0.1) is 6.92 Å². The molecule has 2 amide bonds. The van der Waals surface area contributed by atoms with Crippen LogP contribution in [0.2, 0.25) is 0 Å². The van der Waals surface area contributed by atoms with E-state index in [9.17, 15) is 9.59 Å². The SMILES string of the molecule is CCNc1cc(N2CC(=O)NC(=O)C2C)nc(C)n1. The fourth-order valence-corrected chi connectivity index (χ4v) is 1.96. The fourth-order valence-electron chi connectivity index (χ4n) is 1.96. The third kappa shape index (κ3) is 2.81. The number of hydrogen-bond acceptors (Lipinski definition) is 6. The first-order valence-corrected chi connectivity index (χ1v) is 6.21. The second-order valence-electron chi connectivity index (χ2n) is 4.41. The summed E-state index contributed by atoms with van der Waals surface area (Å²) in [6, 6.07) is 1.32. The van der Waals surface area contributed by atoms with Crippen LogP contribution in [0.15, 0.2) is 6.07 Å². The van der Waals surface area contributed by atoms with Crippen LogP contribution in [0.1, 0.15) is 19.7 Å². The second-order valence-corrected chi connectivity index (χ2v) is 4.41. The highest BCUT2D eigenvalue weighted by molar-refractivity contribution is 6.04. The van der Waals surface area contributed by atoms with Gasteiger partial charge in [0.2, 0.25) is 11.8 Å². The molecule has 19 heavy (non-hydrogen) atoms. The van der Waals surface area contributed by atoms with Crippen molar-refractivity contribution in [1.82, 2.24) is 15.3 Å². The van der Waals surface area contributed by atoms with Crippen molar-refractivity contribution in [2.45, 2.75) is 26.8 Å². The molecule has 0 aromatic carbocycles. The molecular formula is C12H17N5O2. The Hall–Kier alpha value is -2.18. The average Bonchev–Trinajstić information content (AvgIpc) is 2.33. The normalized spacial score (nSPS) is 19.3. The molecule has 7 nitrogen and oxygen atoms in total. The summed E-state index contributed by atoms with van der Waals surface area (Å²) >= 11 is 0. The topological polar surface area (TPSA) is 87.2 Å². The first kappa shape index (κ1) is 13.3. The Bertz CT molecular complexity index is 517. The van der Waals surface area contributed by atoms with Crippen LogP contribution < -0.4 is 15.5 Å². The number of aromatic nitrogens is 2. The highest BCUT2D eigenvalue weighted by Crippen LogP contribution is 2.19. The van der Waals surface area contributed by atoms with Crippen LogP contribution >= 0.6 is 0 Å². The smallest absolute Gasteiger partial charge is 0.249 e. The van der Waals surface area contributed by atoms with Gasteiger partial charge in [0.15, 0.2) is 0 Å². The predicted molar refractivity (Wildman–Crippen MR) is 70.9 cm³/mol. The minimum absolute atomic E-state index is 0.120. The van der Waals surface area contributed by atoms with Gasteiger partial charge in [-0.3, -0.25) is 14.9 Å². The average molecular weight is 263 g/mol. The quantitative estimate of drug-likeness (QED) is 0.750. The fraction of sp³-hybridized carbons (Fsp3) is 0.500. The molecule has 1 fully saturated rings. The Kier molecular flexibility index (Phi) is 3.64. The van der Waals surface area contributed by atoms with Crippen molar-refractivity contribution in [2.24, 2.45) is 0 Å². The Labute approximate surface area is 111 Å². The van der Waals surface area contributed by atoms with E-state index in [4.69, 9.17) is 0 Å². The summed E-state index contributed by atoms with van der Waals surface area (Å²) in [7, 11) is 0. The number of carbonyl (C=O) groups excluding carboxylic acids is 2. The molecule has 1 unspecified atom stereocenters. The lowest BCUT2D eigenvalue weighted by atomic mass is 10.2. The molecule has 7 heteroatoms. The van der Waals surface area contributed by atoms with Crippen LogP contribution in [-0.4, -0.2) is 40.9 Å². The van der Waals surface area contributed by atoms with E-state index in [2.05, 4.69) is 20.6 Å². The van der Waals surface area contributed by atoms with Crippen molar-refractivity contribution in [3.63, 3.8) is 0 Å². The summed E-state index contributed by atoms with van der Waals surface area (Å²) in [5.74, 6) is 1.25. The Balaban J connectivity index is 2.34. The number of nitrogens with zero attached hydrogens (tertiary/aromatic N) is 3. The number of carbonyl (C=O) groups is 2. The lowest BCUT2D eigenvalue weighted by Crippen LogP contribution is -2.57. The summed E-state index contributed by atoms with van der Waals surface area (Å²) in [5, 5.41) is 5.41. The number of anilines is 2. The zero-order chi connectivity index (χ0) is 14.0. The molecule has 0 aliphatic carbocycles. The van der Waals surface area contributed by atoms with Crippen molar-refractivity contribution in [1.29, 1.82) is 0 Å². The zero-order valence-electron chi connectivity index (χ0n) is 11.2. The van der Waals surface area contributed by atoms with E-state index in [0.717, 1.165) is 6.54 Å². The molecule has 0 saturated carbocycles. The second kappa shape index (κ2) is 5.21. The van der Waals surface area contributed by atoms with E-state index in [0.29, 0.717) is 17.5 Å². The van der Waals surface area contributed by atoms with Gasteiger partial charge in [0.05, 0.1) is 6.54 Å². The largest absolute Gasteiger partial charge is 0.370 e. The van der Waals surface area contributed by atoms with Crippen molar-refractivity contribution in [3.8, 4) is 0 Å². The summed E-state index contributed by atoms with van der Waals surface area (Å²) in [6.07, 6.45) is 0. The number of nitrogens with one attached hydrogen (secondary N) is 2. The van der Waals surface area contributed by atoms with E-state index in [1.165, 1.54) is 0 Å². The van der Waals surface area contributed by atoms with Gasteiger partial charge in [-0.2, -0.15) is 0 Å². The number of amides is 2. The van der Waals surface area contributed by atoms with Gasteiger partial charge >= 0.3 is 0 Å². The summed E-state index contributed by atoms with van der Waals surface area (Å²) in [6.45, 7) is 6.35. The van der Waals surface area contributed by atoms with Gasteiger partial charge in [0.25, 0.3) is 0 Å². The number of rotatable bonds is 3. The van der Waals surface area contributed by atoms with Gasteiger partial charge in [-0.25, -0.2) is 9.97 Å². The molecule has 2 N–H and O–H groups in total. The molecule has 2 rings (SSSR count). The standard InChI is InChI=1S/C12H17N5O2/c1-4-13-9-5-10(15-8(3)14-9)17-6-11(18)16-12(19)7(17)2/h5,7H,4,6H2,1-3H3,(H,13,14,15)(H,16,18,19). The van der Waals surface area contributed by atoms with Crippen LogP contribution in [0.3, 0.4) is 0 Å². The maximum absolute atomic E-state index is 11.7. The summed E-state index contributed by atoms with van der Waals surface area (Å²) < 4.78 is 0. The molecular weight excluding hydrogens is 246 g/mol. The minimum atomic E-state index is -0.429. The van der Waals surface area contributed by atoms with E-state index in [1.807, 2.05) is 6.92 Å². The van der Waals surface area contributed by atoms with Crippen LogP contribution in [0.4, 0.5) is 11.6 Å². The lowest BCUT2D eigenvalue weighted by molar-refractivity contribution is -0.132. The summed E-state index contributed by atoms with van der Waals surface area (Å²) in [4.78, 5) is 33.3. The monoisotopic (exact) mass is 263 g/mol. The number of piperazine rings is 1. The number of hydrogen-bond donors (Lipinski definition) is 2. The minimum Gasteiger partial charge on any atom is -0.370 e. The van der Waals surface area contributed by atoms with E-state index in [1.54, 1.807) is 24.8 Å². The maximum Gasteiger partial charge on any atom is 0.249 e. The van der Waals surface area contributed by atoms with Gasteiger partial charge in [-0.1, -0.05) is 0 Å². The van der Waals surface area contributed by atoms with Gasteiger partial charge in [0.1, 0.15) is 23.5 Å². The van der Waals surface area contributed by atoms with Gasteiger partial charge in [0, 0.05) is 12.6 Å². The van der Waals surface area contributed by atoms with Crippen LogP contribution in [0.25, 0.3) is 0 Å². The number of imide groups is 1. The lowest BCUT2D eigenvalue weighted by Gasteiger charge is -2.32. The molecule has 102 valence electrons. The molecule has 1 aromatic heterocycles. The highest BCUT2D eigenvalue weighted by atomic mass is 16.2. The van der Waals surface area contributed by atoms with Gasteiger partial charge in [-0.05, 0) is 20.8 Å². The Morgan fingerprint density at radius 3 is 2.89 bits per heavy atom. The Morgan fingerprint density at radius 2 is 2.21 bits per heavy atom. The Morgan fingerprint density at radius 1 is 1.47 bits per heavy atom. The van der Waals surface area contributed by atoms with Crippen molar-refractivity contribution < 1.29 is 9.59 Å². The van der Waals surface area contributed by atoms with E-state index >= 15 is 0 Å². The molecule has 0 bridgehead atoms.